The molecule has 1 aliphatic heterocycles. The summed E-state index contributed by atoms with van der Waals surface area (Å²) in [5.74, 6) is -0.186. The number of fused-ring (bicyclic) bond motifs is 1. The van der Waals surface area contributed by atoms with Crippen molar-refractivity contribution in [3.05, 3.63) is 39.8 Å². The molecule has 1 aromatic heterocycles. The number of benzene rings is 1. The Hall–Kier alpha value is -2.30. The lowest BCUT2D eigenvalue weighted by molar-refractivity contribution is -0.137. The van der Waals surface area contributed by atoms with Gasteiger partial charge in [0.2, 0.25) is 0 Å². The standard InChI is InChI=1S/C14H13F3N2O2.C9H19NO.CH5N/c1-8(2)12-11-7-9(14(15,16)17)3-4-10(11)13(21)19(18-12)5-6-20;1-9(11)5-8-10-6-3-2-4-7-10;1-2/h3-4,6-8H,5H2,1-2H3;9,11H,2-8H2,1H3;2H2,1H3. The summed E-state index contributed by atoms with van der Waals surface area (Å²) in [7, 11) is 1.50. The molecule has 3 N–H and O–H groups in total. The summed E-state index contributed by atoms with van der Waals surface area (Å²) in [6, 6.07) is 2.93. The zero-order valence-electron chi connectivity index (χ0n) is 20.4. The molecule has 0 spiro atoms. The van der Waals surface area contributed by atoms with Crippen molar-refractivity contribution in [1.29, 1.82) is 0 Å². The number of piperidine rings is 1. The van der Waals surface area contributed by atoms with Gasteiger partial charge in [0.1, 0.15) is 12.8 Å². The van der Waals surface area contributed by atoms with Crippen LogP contribution in [0.4, 0.5) is 13.2 Å². The van der Waals surface area contributed by atoms with E-state index < -0.39 is 17.3 Å². The zero-order chi connectivity index (χ0) is 25.9. The molecule has 7 nitrogen and oxygen atoms in total. The van der Waals surface area contributed by atoms with Gasteiger partial charge in [0.15, 0.2) is 0 Å². The number of aldehydes is 1. The van der Waals surface area contributed by atoms with Gasteiger partial charge in [-0.2, -0.15) is 18.3 Å². The van der Waals surface area contributed by atoms with Gasteiger partial charge in [-0.1, -0.05) is 20.3 Å². The van der Waals surface area contributed by atoms with Gasteiger partial charge in [0, 0.05) is 11.9 Å². The molecule has 34 heavy (non-hydrogen) atoms. The molecule has 10 heteroatoms. The summed E-state index contributed by atoms with van der Waals surface area (Å²) in [5, 5.41) is 13.4. The Balaban J connectivity index is 0.000000374. The van der Waals surface area contributed by atoms with Crippen LogP contribution in [0.25, 0.3) is 10.8 Å². The number of carbonyl (C=O) groups excluding carboxylic acids is 1. The summed E-state index contributed by atoms with van der Waals surface area (Å²) < 4.78 is 39.4. The molecular formula is C24H37F3N4O3. The zero-order valence-corrected chi connectivity index (χ0v) is 20.4. The number of carbonyl (C=O) groups is 1. The Labute approximate surface area is 198 Å². The number of nitrogens with zero attached hydrogens (tertiary/aromatic N) is 3. The number of rotatable bonds is 6. The monoisotopic (exact) mass is 486 g/mol. The third-order valence-electron chi connectivity index (χ3n) is 5.42. The predicted octanol–water partition coefficient (Wildman–Crippen LogP) is 3.56. The van der Waals surface area contributed by atoms with Crippen LogP contribution in [0.1, 0.15) is 63.6 Å². The van der Waals surface area contributed by atoms with E-state index in [4.69, 9.17) is 5.11 Å². The molecule has 1 aromatic carbocycles. The average molecular weight is 487 g/mol. The lowest BCUT2D eigenvalue weighted by atomic mass is 10.0. The first kappa shape index (κ1) is 29.7. The number of aliphatic hydroxyl groups is 1. The minimum absolute atomic E-state index is 0.128. The molecule has 1 fully saturated rings. The summed E-state index contributed by atoms with van der Waals surface area (Å²) >= 11 is 0. The normalized spacial score (nSPS) is 15.2. The lowest BCUT2D eigenvalue weighted by Crippen LogP contribution is -2.31. The van der Waals surface area contributed by atoms with E-state index >= 15 is 0 Å². The first-order chi connectivity index (χ1) is 16.0. The fourth-order valence-corrected chi connectivity index (χ4v) is 3.66. The topological polar surface area (TPSA) is 101 Å². The van der Waals surface area contributed by atoms with Crippen LogP contribution in [0.2, 0.25) is 0 Å². The molecule has 1 saturated heterocycles. The Bertz CT molecular complexity index is 953. The maximum atomic E-state index is 12.8. The van der Waals surface area contributed by atoms with E-state index in [1.807, 2.05) is 6.92 Å². The number of alkyl halides is 3. The van der Waals surface area contributed by atoms with Crippen LogP contribution in [0.5, 0.6) is 0 Å². The van der Waals surface area contributed by atoms with Crippen LogP contribution in [-0.4, -0.2) is 58.9 Å². The van der Waals surface area contributed by atoms with Gasteiger partial charge in [-0.25, -0.2) is 4.68 Å². The maximum absolute atomic E-state index is 12.8. The van der Waals surface area contributed by atoms with E-state index in [-0.39, 0.29) is 29.3 Å². The van der Waals surface area contributed by atoms with Crippen molar-refractivity contribution in [3.8, 4) is 0 Å². The Morgan fingerprint density at radius 1 is 1.12 bits per heavy atom. The number of halogens is 3. The van der Waals surface area contributed by atoms with Crippen molar-refractivity contribution < 1.29 is 23.1 Å². The summed E-state index contributed by atoms with van der Waals surface area (Å²) in [4.78, 5) is 25.1. The fourth-order valence-electron chi connectivity index (χ4n) is 3.66. The molecule has 0 radical (unpaired) electrons. The Morgan fingerprint density at radius 3 is 2.24 bits per heavy atom. The van der Waals surface area contributed by atoms with Crippen molar-refractivity contribution in [3.63, 3.8) is 0 Å². The van der Waals surface area contributed by atoms with Crippen molar-refractivity contribution in [2.75, 3.05) is 26.7 Å². The highest BCUT2D eigenvalue weighted by Crippen LogP contribution is 2.32. The third kappa shape index (κ3) is 8.81. The lowest BCUT2D eigenvalue weighted by Gasteiger charge is -2.26. The van der Waals surface area contributed by atoms with Crippen LogP contribution in [0.15, 0.2) is 23.0 Å². The number of likely N-dealkylation sites (tertiary alicyclic amines) is 1. The Morgan fingerprint density at radius 2 is 1.74 bits per heavy atom. The first-order valence-corrected chi connectivity index (χ1v) is 11.6. The van der Waals surface area contributed by atoms with E-state index in [1.54, 1.807) is 13.8 Å². The second-order valence-corrected chi connectivity index (χ2v) is 8.49. The Kier molecular flexibility index (Phi) is 12.4. The molecule has 2 heterocycles. The van der Waals surface area contributed by atoms with E-state index in [0.29, 0.717) is 12.0 Å². The fraction of sp³-hybridized carbons (Fsp3) is 0.625. The van der Waals surface area contributed by atoms with E-state index in [1.165, 1.54) is 39.4 Å². The van der Waals surface area contributed by atoms with Crippen LogP contribution >= 0.6 is 0 Å². The number of aliphatic hydroxyl groups excluding tert-OH is 1. The highest BCUT2D eigenvalue weighted by atomic mass is 19.4. The molecule has 2 aromatic rings. The minimum Gasteiger partial charge on any atom is -0.393 e. The molecule has 0 aliphatic carbocycles. The van der Waals surface area contributed by atoms with Crippen LogP contribution < -0.4 is 11.3 Å². The van der Waals surface area contributed by atoms with Crippen LogP contribution in [-0.2, 0) is 17.5 Å². The SMILES string of the molecule is CC(C)c1nn(CC=O)c(=O)c2ccc(C(F)(F)F)cc12.CC(O)CCN1CCCCC1.CN. The van der Waals surface area contributed by atoms with E-state index in [9.17, 15) is 22.8 Å². The molecule has 0 amide bonds. The van der Waals surface area contributed by atoms with Gasteiger partial charge in [0.25, 0.3) is 5.56 Å². The van der Waals surface area contributed by atoms with E-state index in [0.717, 1.165) is 35.8 Å². The minimum atomic E-state index is -4.49. The number of aromatic nitrogens is 2. The molecule has 1 unspecified atom stereocenters. The molecule has 1 aliphatic rings. The van der Waals surface area contributed by atoms with E-state index in [2.05, 4.69) is 15.7 Å². The van der Waals surface area contributed by atoms with Gasteiger partial charge in [-0.3, -0.25) is 4.79 Å². The number of hydrogen-bond acceptors (Lipinski definition) is 6. The third-order valence-corrected chi connectivity index (χ3v) is 5.42. The molecule has 3 rings (SSSR count). The van der Waals surface area contributed by atoms with Crippen LogP contribution in [0, 0.1) is 0 Å². The highest BCUT2D eigenvalue weighted by molar-refractivity contribution is 5.85. The highest BCUT2D eigenvalue weighted by Gasteiger charge is 2.31. The van der Waals surface area contributed by atoms with Crippen molar-refractivity contribution in [2.45, 2.75) is 71.2 Å². The van der Waals surface area contributed by atoms with Gasteiger partial charge >= 0.3 is 6.18 Å². The molecule has 1 atom stereocenters. The quantitative estimate of drug-likeness (QED) is 0.606. The average Bonchev–Trinajstić information content (AvgIpc) is 2.81. The molecule has 192 valence electrons. The molecular weight excluding hydrogens is 449 g/mol. The smallest absolute Gasteiger partial charge is 0.393 e. The van der Waals surface area contributed by atoms with Gasteiger partial charge < -0.3 is 20.5 Å². The summed E-state index contributed by atoms with van der Waals surface area (Å²) in [5.41, 5.74) is 3.46. The first-order valence-electron chi connectivity index (χ1n) is 11.6. The van der Waals surface area contributed by atoms with Gasteiger partial charge in [-0.05, 0) is 70.4 Å². The van der Waals surface area contributed by atoms with Crippen molar-refractivity contribution in [1.82, 2.24) is 14.7 Å². The summed E-state index contributed by atoms with van der Waals surface area (Å²) in [6.45, 7) is 8.73. The second kappa shape index (κ2) is 14.2. The van der Waals surface area contributed by atoms with Gasteiger partial charge in [0.05, 0.1) is 22.7 Å². The molecule has 0 saturated carbocycles. The van der Waals surface area contributed by atoms with Crippen molar-refractivity contribution in [2.24, 2.45) is 5.73 Å². The molecule has 0 bridgehead atoms. The maximum Gasteiger partial charge on any atom is 0.416 e. The van der Waals surface area contributed by atoms with Crippen molar-refractivity contribution >= 4 is 17.1 Å². The summed E-state index contributed by atoms with van der Waals surface area (Å²) in [6.07, 6.45) is 0.927. The van der Waals surface area contributed by atoms with Gasteiger partial charge in [-0.15, -0.1) is 0 Å². The predicted molar refractivity (Wildman–Crippen MR) is 128 cm³/mol. The second-order valence-electron chi connectivity index (χ2n) is 8.49. The number of nitrogens with two attached hydrogens (primary N) is 1. The number of hydrogen-bond donors (Lipinski definition) is 2. The largest absolute Gasteiger partial charge is 0.416 e. The van der Waals surface area contributed by atoms with Crippen LogP contribution in [0.3, 0.4) is 0 Å².